The molecule has 0 spiro atoms. The van der Waals surface area contributed by atoms with Crippen LogP contribution in [0.5, 0.6) is 0 Å². The maximum atomic E-state index is 6.00. The Kier molecular flexibility index (Phi) is 4.40. The Bertz CT molecular complexity index is 466. The van der Waals surface area contributed by atoms with E-state index in [-0.39, 0.29) is 0 Å². The molecule has 1 fully saturated rings. The Balaban J connectivity index is 1.89. The molecule has 1 aliphatic rings. The van der Waals surface area contributed by atoms with E-state index in [9.17, 15) is 0 Å². The molecule has 5 heteroatoms. The predicted molar refractivity (Wildman–Crippen MR) is 80.5 cm³/mol. The fourth-order valence-electron chi connectivity index (χ4n) is 2.33. The lowest BCUT2D eigenvalue weighted by molar-refractivity contribution is 0.459. The molecule has 1 aliphatic carbocycles. The minimum atomic E-state index is 0.778. The summed E-state index contributed by atoms with van der Waals surface area (Å²) >= 11 is 6.00. The van der Waals surface area contributed by atoms with E-state index in [1.807, 2.05) is 33.4 Å². The van der Waals surface area contributed by atoms with Gasteiger partial charge in [-0.25, -0.2) is 0 Å². The van der Waals surface area contributed by atoms with Gasteiger partial charge in [0.2, 0.25) is 0 Å². The summed E-state index contributed by atoms with van der Waals surface area (Å²) in [5.74, 6) is 2.62. The van der Waals surface area contributed by atoms with Gasteiger partial charge in [0.15, 0.2) is 5.96 Å². The first-order valence-corrected chi connectivity index (χ1v) is 7.11. The predicted octanol–water partition coefficient (Wildman–Crippen LogP) is 2.34. The van der Waals surface area contributed by atoms with Crippen LogP contribution in [0.25, 0.3) is 0 Å². The highest BCUT2D eigenvalue weighted by molar-refractivity contribution is 6.30. The number of aryl methyl sites for hydroxylation is 1. The Morgan fingerprint density at radius 1 is 1.63 bits per heavy atom. The third-order valence-corrected chi connectivity index (χ3v) is 4.05. The van der Waals surface area contributed by atoms with Gasteiger partial charge in [0.05, 0.1) is 11.6 Å². The number of hydrogen-bond acceptors (Lipinski definition) is 1. The van der Waals surface area contributed by atoms with Gasteiger partial charge in [0.25, 0.3) is 0 Å². The van der Waals surface area contributed by atoms with Crippen molar-refractivity contribution in [3.8, 4) is 0 Å². The van der Waals surface area contributed by atoms with Gasteiger partial charge < -0.3 is 14.8 Å². The lowest BCUT2D eigenvalue weighted by Crippen LogP contribution is -2.39. The summed E-state index contributed by atoms with van der Waals surface area (Å²) in [7, 11) is 5.89. The quantitative estimate of drug-likeness (QED) is 0.679. The molecule has 1 saturated carbocycles. The van der Waals surface area contributed by atoms with Crippen molar-refractivity contribution in [3.63, 3.8) is 0 Å². The fraction of sp³-hybridized carbons (Fsp3) is 0.643. The molecule has 2 unspecified atom stereocenters. The van der Waals surface area contributed by atoms with Crippen molar-refractivity contribution >= 4 is 17.6 Å². The molecule has 0 aromatic carbocycles. The van der Waals surface area contributed by atoms with Crippen molar-refractivity contribution in [1.29, 1.82) is 0 Å². The first kappa shape index (κ1) is 14.3. The number of hydrogen-bond donors (Lipinski definition) is 1. The molecule has 1 aromatic heterocycles. The van der Waals surface area contributed by atoms with Gasteiger partial charge in [-0.05, 0) is 24.3 Å². The van der Waals surface area contributed by atoms with Crippen LogP contribution in [0.1, 0.15) is 19.0 Å². The van der Waals surface area contributed by atoms with Crippen LogP contribution in [-0.4, -0.2) is 36.1 Å². The molecule has 2 atom stereocenters. The van der Waals surface area contributed by atoms with Crippen molar-refractivity contribution in [3.05, 3.63) is 23.0 Å². The number of aromatic nitrogens is 1. The second-order valence-corrected chi connectivity index (χ2v) is 5.95. The van der Waals surface area contributed by atoms with Crippen molar-refractivity contribution in [2.75, 3.05) is 20.6 Å². The van der Waals surface area contributed by atoms with Gasteiger partial charge in [-0.15, -0.1) is 0 Å². The van der Waals surface area contributed by atoms with E-state index in [0.717, 1.165) is 35.9 Å². The van der Waals surface area contributed by atoms with E-state index in [2.05, 4.69) is 26.7 Å². The molecule has 0 aliphatic heterocycles. The zero-order chi connectivity index (χ0) is 14.0. The monoisotopic (exact) mass is 282 g/mol. The fourth-order valence-corrected chi connectivity index (χ4v) is 2.60. The van der Waals surface area contributed by atoms with E-state index in [1.165, 1.54) is 12.1 Å². The molecule has 106 valence electrons. The van der Waals surface area contributed by atoms with E-state index >= 15 is 0 Å². The highest BCUT2D eigenvalue weighted by Crippen LogP contribution is 2.36. The maximum absolute atomic E-state index is 6.00. The zero-order valence-corrected chi connectivity index (χ0v) is 12.9. The van der Waals surface area contributed by atoms with Crippen LogP contribution in [0.3, 0.4) is 0 Å². The first-order valence-electron chi connectivity index (χ1n) is 6.73. The van der Waals surface area contributed by atoms with Crippen molar-refractivity contribution in [2.24, 2.45) is 23.9 Å². The Labute approximate surface area is 120 Å². The maximum Gasteiger partial charge on any atom is 0.193 e. The molecule has 1 heterocycles. The number of nitrogens with one attached hydrogen (secondary N) is 1. The zero-order valence-electron chi connectivity index (χ0n) is 12.2. The summed E-state index contributed by atoms with van der Waals surface area (Å²) in [6, 6.07) is 1.99. The molecular weight excluding hydrogens is 260 g/mol. The summed E-state index contributed by atoms with van der Waals surface area (Å²) in [5, 5.41) is 4.22. The van der Waals surface area contributed by atoms with Crippen molar-refractivity contribution < 1.29 is 0 Å². The van der Waals surface area contributed by atoms with Gasteiger partial charge in [-0.1, -0.05) is 18.5 Å². The van der Waals surface area contributed by atoms with Crippen LogP contribution in [0.15, 0.2) is 17.3 Å². The molecule has 19 heavy (non-hydrogen) atoms. The molecule has 0 radical (unpaired) electrons. The average molecular weight is 283 g/mol. The molecule has 4 nitrogen and oxygen atoms in total. The normalized spacial score (nSPS) is 22.5. The summed E-state index contributed by atoms with van der Waals surface area (Å²) in [6.45, 7) is 4.11. The highest BCUT2D eigenvalue weighted by Gasteiger charge is 2.32. The number of halogens is 1. The highest BCUT2D eigenvalue weighted by atomic mass is 35.5. The van der Waals surface area contributed by atoms with Gasteiger partial charge >= 0.3 is 0 Å². The number of guanidine groups is 1. The second kappa shape index (κ2) is 5.87. The van der Waals surface area contributed by atoms with E-state index in [0.29, 0.717) is 0 Å². The molecular formula is C14H23ClN4. The lowest BCUT2D eigenvalue weighted by Gasteiger charge is -2.22. The standard InChI is InChI=1S/C14H23ClN4/c1-10-5-11(10)7-17-14(16-2)19(4)9-13-6-12(15)8-18(13)3/h6,8,10-11H,5,7,9H2,1-4H3,(H,16,17). The molecule has 1 aromatic rings. The largest absolute Gasteiger partial charge is 0.356 e. The second-order valence-electron chi connectivity index (χ2n) is 5.52. The van der Waals surface area contributed by atoms with Crippen LogP contribution in [-0.2, 0) is 13.6 Å². The van der Waals surface area contributed by atoms with Crippen LogP contribution >= 0.6 is 11.6 Å². The number of rotatable bonds is 4. The Hall–Kier alpha value is -1.16. The topological polar surface area (TPSA) is 32.6 Å². The van der Waals surface area contributed by atoms with Gasteiger partial charge in [-0.2, -0.15) is 0 Å². The van der Waals surface area contributed by atoms with Crippen LogP contribution in [0.4, 0.5) is 0 Å². The summed E-state index contributed by atoms with van der Waals surface area (Å²) in [5.41, 5.74) is 1.18. The molecule has 1 N–H and O–H groups in total. The molecule has 0 bridgehead atoms. The van der Waals surface area contributed by atoms with Crippen molar-refractivity contribution in [1.82, 2.24) is 14.8 Å². The smallest absolute Gasteiger partial charge is 0.193 e. The summed E-state index contributed by atoms with van der Waals surface area (Å²) in [6.07, 6.45) is 3.26. The van der Waals surface area contributed by atoms with E-state index in [4.69, 9.17) is 11.6 Å². The average Bonchev–Trinajstić information content (AvgIpc) is 2.95. The number of nitrogens with zero attached hydrogens (tertiary/aromatic N) is 3. The third kappa shape index (κ3) is 3.66. The van der Waals surface area contributed by atoms with Crippen LogP contribution < -0.4 is 5.32 Å². The van der Waals surface area contributed by atoms with Gasteiger partial charge in [0, 0.05) is 39.6 Å². The van der Waals surface area contributed by atoms with Crippen LogP contribution in [0.2, 0.25) is 5.02 Å². The van der Waals surface area contributed by atoms with Gasteiger partial charge in [0.1, 0.15) is 0 Å². The first-order chi connectivity index (χ1) is 9.01. The lowest BCUT2D eigenvalue weighted by atomic mass is 10.3. The Morgan fingerprint density at radius 2 is 2.32 bits per heavy atom. The summed E-state index contributed by atoms with van der Waals surface area (Å²) in [4.78, 5) is 6.46. The summed E-state index contributed by atoms with van der Waals surface area (Å²) < 4.78 is 2.05. The minimum absolute atomic E-state index is 0.778. The SMILES string of the molecule is CN=C(NCC1CC1C)N(C)Cc1cc(Cl)cn1C. The van der Waals surface area contributed by atoms with E-state index in [1.54, 1.807) is 0 Å². The molecule has 0 saturated heterocycles. The molecule has 2 rings (SSSR count). The Morgan fingerprint density at radius 3 is 2.79 bits per heavy atom. The third-order valence-electron chi connectivity index (χ3n) is 3.85. The van der Waals surface area contributed by atoms with Crippen LogP contribution in [0, 0.1) is 11.8 Å². The van der Waals surface area contributed by atoms with Crippen molar-refractivity contribution in [2.45, 2.75) is 19.9 Å². The van der Waals surface area contributed by atoms with E-state index < -0.39 is 0 Å². The molecule has 0 amide bonds. The van der Waals surface area contributed by atoms with Gasteiger partial charge in [-0.3, -0.25) is 4.99 Å². The minimum Gasteiger partial charge on any atom is -0.356 e. The number of aliphatic imine (C=N–C) groups is 1.